The lowest BCUT2D eigenvalue weighted by molar-refractivity contribution is -0.150. The van der Waals surface area contributed by atoms with Gasteiger partial charge in [-0.3, -0.25) is 14.5 Å². The van der Waals surface area contributed by atoms with Crippen LogP contribution in [0.15, 0.2) is 102 Å². The van der Waals surface area contributed by atoms with Gasteiger partial charge in [0.1, 0.15) is 17.1 Å². The Bertz CT molecular complexity index is 1210. The van der Waals surface area contributed by atoms with Crippen LogP contribution in [0.5, 0.6) is 0 Å². The van der Waals surface area contributed by atoms with Crippen LogP contribution in [0.4, 0.5) is 0 Å². The largest absolute Gasteiger partial charge is 0.477 e. The molecule has 2 aliphatic heterocycles. The fourth-order valence-electron chi connectivity index (χ4n) is 4.05. The van der Waals surface area contributed by atoms with Crippen molar-refractivity contribution in [2.24, 2.45) is 0 Å². The number of β-lactam (4-membered cyclic amide) rings is 1. The summed E-state index contributed by atoms with van der Waals surface area (Å²) in [6.07, 6.45) is 0.177. The Balaban J connectivity index is 0.000000211. The van der Waals surface area contributed by atoms with Crippen molar-refractivity contribution in [1.82, 2.24) is 10.2 Å². The van der Waals surface area contributed by atoms with Crippen molar-refractivity contribution >= 4 is 41.1 Å². The summed E-state index contributed by atoms with van der Waals surface area (Å²) in [7, 11) is 0. The molecule has 6 nitrogen and oxygen atoms in total. The van der Waals surface area contributed by atoms with Gasteiger partial charge >= 0.3 is 5.97 Å². The minimum absolute atomic E-state index is 0.0488. The van der Waals surface area contributed by atoms with Crippen LogP contribution >= 0.6 is 23.4 Å². The number of benzene rings is 3. The molecule has 0 spiro atoms. The zero-order chi connectivity index (χ0) is 25.5. The second-order valence-corrected chi connectivity index (χ2v) is 9.61. The highest BCUT2D eigenvalue weighted by Crippen LogP contribution is 2.40. The van der Waals surface area contributed by atoms with Crippen molar-refractivity contribution in [1.29, 1.82) is 0 Å². The monoisotopic (exact) mass is 520 g/mol. The smallest absolute Gasteiger partial charge is 0.352 e. The first-order valence-electron chi connectivity index (χ1n) is 11.4. The summed E-state index contributed by atoms with van der Waals surface area (Å²) < 4.78 is 0. The Morgan fingerprint density at radius 2 is 1.44 bits per heavy atom. The molecule has 2 aliphatic rings. The number of fused-ring (bicyclic) bond motifs is 1. The van der Waals surface area contributed by atoms with Crippen LogP contribution in [0.2, 0.25) is 0 Å². The van der Waals surface area contributed by atoms with Crippen LogP contribution in [-0.2, 0) is 20.8 Å². The van der Waals surface area contributed by atoms with Gasteiger partial charge in [0, 0.05) is 11.6 Å². The summed E-state index contributed by atoms with van der Waals surface area (Å²) in [4.78, 5) is 37.1. The number of carboxylic acid groups (broad SMARTS) is 1. The van der Waals surface area contributed by atoms with Crippen LogP contribution in [0.25, 0.3) is 11.1 Å². The van der Waals surface area contributed by atoms with E-state index < -0.39 is 23.3 Å². The summed E-state index contributed by atoms with van der Waals surface area (Å²) in [5, 5.41) is 11.6. The number of carbonyl (C=O) groups excluding carboxylic acids is 2. The highest BCUT2D eigenvalue weighted by Gasteiger charge is 2.53. The molecule has 3 aromatic rings. The predicted octanol–water partition coefficient (Wildman–Crippen LogP) is 4.56. The number of alkyl halides is 1. The number of nitrogens with zero attached hydrogens (tertiary/aromatic N) is 1. The molecule has 5 rings (SSSR count). The Kier molecular flexibility index (Phi) is 8.46. The quantitative estimate of drug-likeness (QED) is 0.367. The second-order valence-electron chi connectivity index (χ2n) is 8.24. The zero-order valence-electron chi connectivity index (χ0n) is 19.3. The standard InChI is InChI=1S/C16H15ClN2O4S.C12H10/c17-7-10-8-24-15-12(14(21)19(15)13(10)16(22)23)18-11(20)6-9-4-2-1-3-5-9;1-3-7-11(8-4-1)12-9-5-2-6-10-12/h1-5,12,15H,6-8H2,(H,18,20)(H,22,23);1-10H/t12?,15-;/m1./s1. The molecular formula is C28H25ClN2O4S. The lowest BCUT2D eigenvalue weighted by Crippen LogP contribution is -2.70. The first-order chi connectivity index (χ1) is 17.5. The molecule has 2 amide bonds. The number of carbonyl (C=O) groups is 3. The van der Waals surface area contributed by atoms with E-state index >= 15 is 0 Å². The lowest BCUT2D eigenvalue weighted by Gasteiger charge is -2.49. The average Bonchev–Trinajstić information content (AvgIpc) is 2.92. The lowest BCUT2D eigenvalue weighted by atomic mass is 10.0. The van der Waals surface area contributed by atoms with E-state index in [-0.39, 0.29) is 23.9 Å². The Labute approximate surface area is 219 Å². The molecule has 1 saturated heterocycles. The van der Waals surface area contributed by atoms with E-state index in [2.05, 4.69) is 53.8 Å². The van der Waals surface area contributed by atoms with E-state index in [1.54, 1.807) is 0 Å². The SMILES string of the molecule is O=C(Cc1ccccc1)NC1C(=O)N2C(C(=O)O)=C(CCl)CS[C@H]12.c1ccc(-c2ccccc2)cc1. The van der Waals surface area contributed by atoms with Crippen LogP contribution in [0.3, 0.4) is 0 Å². The molecular weight excluding hydrogens is 496 g/mol. The Morgan fingerprint density at radius 1 is 0.917 bits per heavy atom. The minimum atomic E-state index is -1.17. The molecule has 8 heteroatoms. The molecule has 1 fully saturated rings. The van der Waals surface area contributed by atoms with Crippen molar-refractivity contribution in [3.63, 3.8) is 0 Å². The first kappa shape index (κ1) is 25.5. The van der Waals surface area contributed by atoms with Crippen molar-refractivity contribution in [2.45, 2.75) is 17.8 Å². The van der Waals surface area contributed by atoms with Crippen molar-refractivity contribution < 1.29 is 19.5 Å². The van der Waals surface area contributed by atoms with Gasteiger partial charge in [-0.15, -0.1) is 23.4 Å². The summed E-state index contributed by atoms with van der Waals surface area (Å²) in [5.41, 5.74) is 3.88. The molecule has 3 aromatic carbocycles. The van der Waals surface area contributed by atoms with Crippen molar-refractivity contribution in [3.05, 3.63) is 108 Å². The van der Waals surface area contributed by atoms with E-state index in [4.69, 9.17) is 11.6 Å². The number of rotatable bonds is 6. The molecule has 0 bridgehead atoms. The number of hydrogen-bond donors (Lipinski definition) is 2. The highest BCUT2D eigenvalue weighted by molar-refractivity contribution is 8.00. The third-order valence-corrected chi connectivity index (χ3v) is 7.48. The first-order valence-corrected chi connectivity index (χ1v) is 13.0. The summed E-state index contributed by atoms with van der Waals surface area (Å²) in [5.74, 6) is -1.34. The van der Waals surface area contributed by atoms with Gasteiger partial charge in [-0.05, 0) is 22.3 Å². The van der Waals surface area contributed by atoms with E-state index in [0.29, 0.717) is 11.3 Å². The third-order valence-electron chi connectivity index (χ3n) is 5.82. The number of aliphatic carboxylic acids is 1. The molecule has 0 aliphatic carbocycles. The summed E-state index contributed by atoms with van der Waals surface area (Å²) >= 11 is 7.18. The second kappa shape index (κ2) is 11.9. The topological polar surface area (TPSA) is 86.7 Å². The van der Waals surface area contributed by atoms with E-state index in [1.165, 1.54) is 27.8 Å². The van der Waals surface area contributed by atoms with Gasteiger partial charge in [-0.1, -0.05) is 91.0 Å². The summed E-state index contributed by atoms with van der Waals surface area (Å²) in [6.45, 7) is 0. The van der Waals surface area contributed by atoms with Gasteiger partial charge in [-0.2, -0.15) is 0 Å². The van der Waals surface area contributed by atoms with E-state index in [9.17, 15) is 19.5 Å². The minimum Gasteiger partial charge on any atom is -0.477 e. The van der Waals surface area contributed by atoms with Crippen LogP contribution in [0, 0.1) is 0 Å². The molecule has 0 saturated carbocycles. The van der Waals surface area contributed by atoms with Gasteiger partial charge in [0.05, 0.1) is 6.42 Å². The molecule has 2 atom stereocenters. The predicted molar refractivity (Wildman–Crippen MR) is 142 cm³/mol. The number of amides is 2. The molecule has 0 radical (unpaired) electrons. The van der Waals surface area contributed by atoms with Crippen LogP contribution in [-0.4, -0.2) is 50.8 Å². The van der Waals surface area contributed by atoms with Gasteiger partial charge < -0.3 is 10.4 Å². The fourth-order valence-corrected chi connectivity index (χ4v) is 5.73. The zero-order valence-corrected chi connectivity index (χ0v) is 20.9. The fraction of sp³-hybridized carbons (Fsp3) is 0.179. The third kappa shape index (κ3) is 5.80. The van der Waals surface area contributed by atoms with Gasteiger partial charge in [0.15, 0.2) is 0 Å². The van der Waals surface area contributed by atoms with Gasteiger partial charge in [-0.25, -0.2) is 4.79 Å². The van der Waals surface area contributed by atoms with Gasteiger partial charge in [0.25, 0.3) is 5.91 Å². The maximum absolute atomic E-state index is 12.3. The molecule has 184 valence electrons. The molecule has 36 heavy (non-hydrogen) atoms. The number of nitrogens with one attached hydrogen (secondary N) is 1. The molecule has 1 unspecified atom stereocenters. The molecule has 0 aromatic heterocycles. The van der Waals surface area contributed by atoms with E-state index in [1.807, 2.05) is 42.5 Å². The van der Waals surface area contributed by atoms with Crippen molar-refractivity contribution in [3.8, 4) is 11.1 Å². The average molecular weight is 521 g/mol. The maximum Gasteiger partial charge on any atom is 0.352 e. The highest BCUT2D eigenvalue weighted by atomic mass is 35.5. The number of halogens is 1. The Hall–Kier alpha value is -3.55. The maximum atomic E-state index is 12.3. The number of thioether (sulfide) groups is 1. The van der Waals surface area contributed by atoms with Gasteiger partial charge in [0.2, 0.25) is 5.91 Å². The normalized spacial score (nSPS) is 18.4. The molecule has 2 N–H and O–H groups in total. The number of hydrogen-bond acceptors (Lipinski definition) is 4. The van der Waals surface area contributed by atoms with Crippen molar-refractivity contribution in [2.75, 3.05) is 11.6 Å². The molecule has 2 heterocycles. The van der Waals surface area contributed by atoms with Crippen LogP contribution < -0.4 is 5.32 Å². The number of carboxylic acids is 1. The van der Waals surface area contributed by atoms with E-state index in [0.717, 1.165) is 5.56 Å². The summed E-state index contributed by atoms with van der Waals surface area (Å²) in [6, 6.07) is 29.3. The van der Waals surface area contributed by atoms with Crippen LogP contribution in [0.1, 0.15) is 5.56 Å². The Morgan fingerprint density at radius 3 is 1.94 bits per heavy atom.